The van der Waals surface area contributed by atoms with Gasteiger partial charge in [0.15, 0.2) is 0 Å². The van der Waals surface area contributed by atoms with E-state index in [0.29, 0.717) is 23.7 Å². The molecule has 7 nitrogen and oxygen atoms in total. The zero-order valence-corrected chi connectivity index (χ0v) is 14.6. The van der Waals surface area contributed by atoms with Crippen molar-refractivity contribution in [1.29, 1.82) is 0 Å². The van der Waals surface area contributed by atoms with Crippen LogP contribution in [0.15, 0.2) is 60.0 Å². The minimum Gasteiger partial charge on any atom is -0.494 e. The van der Waals surface area contributed by atoms with Crippen molar-refractivity contribution in [3.63, 3.8) is 0 Å². The summed E-state index contributed by atoms with van der Waals surface area (Å²) >= 11 is 0. The number of hydrogen-bond donors (Lipinski definition) is 2. The molecule has 2 heterocycles. The van der Waals surface area contributed by atoms with Gasteiger partial charge in [0.25, 0.3) is 5.91 Å². The molecule has 3 aromatic rings. The van der Waals surface area contributed by atoms with Crippen molar-refractivity contribution in [2.45, 2.75) is 13.8 Å². The minimum absolute atomic E-state index is 0.333. The molecular formula is C19H19N5O2. The molecule has 0 saturated carbocycles. The average Bonchev–Trinajstić information content (AvgIpc) is 3.18. The number of carbonyl (C=O) groups excluding carboxylic acids is 1. The summed E-state index contributed by atoms with van der Waals surface area (Å²) in [7, 11) is 0. The summed E-state index contributed by atoms with van der Waals surface area (Å²) in [6.45, 7) is 4.37. The molecule has 1 amide bonds. The van der Waals surface area contributed by atoms with E-state index in [1.807, 2.05) is 50.2 Å². The van der Waals surface area contributed by atoms with E-state index < -0.39 is 0 Å². The minimum atomic E-state index is -0.358. The molecule has 0 atom stereocenters. The molecule has 132 valence electrons. The number of hydrogen-bond acceptors (Lipinski definition) is 5. The first-order valence-corrected chi connectivity index (χ1v) is 8.21. The van der Waals surface area contributed by atoms with Gasteiger partial charge in [-0.15, -0.1) is 0 Å². The van der Waals surface area contributed by atoms with Crippen molar-refractivity contribution in [3.8, 4) is 17.0 Å². The fourth-order valence-electron chi connectivity index (χ4n) is 2.33. The quantitative estimate of drug-likeness (QED) is 0.528. The normalized spacial score (nSPS) is 11.2. The van der Waals surface area contributed by atoms with Gasteiger partial charge in [-0.05, 0) is 56.3 Å². The van der Waals surface area contributed by atoms with Gasteiger partial charge in [-0.1, -0.05) is 0 Å². The molecule has 3 rings (SSSR count). The average molecular weight is 349 g/mol. The molecule has 26 heavy (non-hydrogen) atoms. The van der Waals surface area contributed by atoms with Gasteiger partial charge < -0.3 is 4.74 Å². The van der Waals surface area contributed by atoms with E-state index in [4.69, 9.17) is 4.74 Å². The molecular weight excluding hydrogens is 330 g/mol. The Morgan fingerprint density at radius 3 is 2.62 bits per heavy atom. The van der Waals surface area contributed by atoms with Crippen molar-refractivity contribution in [3.05, 3.63) is 66.1 Å². The highest BCUT2D eigenvalue weighted by Gasteiger charge is 2.11. The second kappa shape index (κ2) is 8.06. The van der Waals surface area contributed by atoms with Crippen molar-refractivity contribution in [2.75, 3.05) is 6.61 Å². The first kappa shape index (κ1) is 17.3. The van der Waals surface area contributed by atoms with Crippen LogP contribution in [0, 0.1) is 0 Å². The maximum atomic E-state index is 12.2. The van der Waals surface area contributed by atoms with Gasteiger partial charge in [-0.2, -0.15) is 10.2 Å². The Balaban J connectivity index is 1.68. The maximum absolute atomic E-state index is 12.2. The third-order valence-corrected chi connectivity index (χ3v) is 3.71. The van der Waals surface area contributed by atoms with Gasteiger partial charge in [-0.25, -0.2) is 5.43 Å². The summed E-state index contributed by atoms with van der Waals surface area (Å²) in [4.78, 5) is 16.2. The summed E-state index contributed by atoms with van der Waals surface area (Å²) in [5, 5.41) is 11.0. The molecule has 0 radical (unpaired) electrons. The number of aromatic amines is 1. The number of nitrogens with one attached hydrogen (secondary N) is 2. The van der Waals surface area contributed by atoms with E-state index in [0.717, 1.165) is 16.9 Å². The zero-order valence-electron chi connectivity index (χ0n) is 14.6. The number of nitrogens with zero attached hydrogens (tertiary/aromatic N) is 3. The Morgan fingerprint density at radius 1 is 1.19 bits per heavy atom. The van der Waals surface area contributed by atoms with E-state index in [1.54, 1.807) is 18.5 Å². The summed E-state index contributed by atoms with van der Waals surface area (Å²) in [6.07, 6.45) is 3.35. The fraction of sp³-hybridized carbons (Fsp3) is 0.158. The Morgan fingerprint density at radius 2 is 1.92 bits per heavy atom. The topological polar surface area (TPSA) is 92.3 Å². The van der Waals surface area contributed by atoms with Crippen molar-refractivity contribution in [1.82, 2.24) is 20.6 Å². The summed E-state index contributed by atoms with van der Waals surface area (Å²) < 4.78 is 5.42. The molecule has 0 aliphatic rings. The number of H-pyrrole nitrogens is 1. The van der Waals surface area contributed by atoms with Crippen molar-refractivity contribution in [2.24, 2.45) is 5.10 Å². The first-order valence-electron chi connectivity index (χ1n) is 8.21. The van der Waals surface area contributed by atoms with Crippen LogP contribution in [0.5, 0.6) is 5.75 Å². The van der Waals surface area contributed by atoms with Crippen LogP contribution in [-0.2, 0) is 0 Å². The highest BCUT2D eigenvalue weighted by molar-refractivity contribution is 6.00. The lowest BCUT2D eigenvalue weighted by atomic mass is 10.1. The number of ether oxygens (including phenoxy) is 1. The Labute approximate surface area is 151 Å². The fourth-order valence-corrected chi connectivity index (χ4v) is 2.33. The number of amides is 1. The van der Waals surface area contributed by atoms with Crippen LogP contribution < -0.4 is 10.2 Å². The molecule has 0 fully saturated rings. The molecule has 7 heteroatoms. The van der Waals surface area contributed by atoms with E-state index in [2.05, 4.69) is 25.7 Å². The highest BCUT2D eigenvalue weighted by atomic mass is 16.5. The van der Waals surface area contributed by atoms with Crippen LogP contribution in [0.1, 0.15) is 29.9 Å². The van der Waals surface area contributed by atoms with Crippen LogP contribution in [0.3, 0.4) is 0 Å². The van der Waals surface area contributed by atoms with Gasteiger partial charge >= 0.3 is 0 Å². The molecule has 0 aliphatic carbocycles. The molecule has 0 saturated heterocycles. The Kier molecular flexibility index (Phi) is 5.38. The van der Waals surface area contributed by atoms with E-state index in [-0.39, 0.29) is 5.91 Å². The zero-order chi connectivity index (χ0) is 18.4. The number of hydrazone groups is 1. The molecule has 1 aromatic carbocycles. The predicted molar refractivity (Wildman–Crippen MR) is 99.1 cm³/mol. The van der Waals surface area contributed by atoms with Crippen molar-refractivity contribution < 1.29 is 9.53 Å². The summed E-state index contributed by atoms with van der Waals surface area (Å²) in [6, 6.07) is 12.9. The van der Waals surface area contributed by atoms with Gasteiger partial charge in [-0.3, -0.25) is 14.9 Å². The molecule has 0 bridgehead atoms. The van der Waals surface area contributed by atoms with Gasteiger partial charge in [0.05, 0.1) is 18.0 Å². The Bertz CT molecular complexity index is 901. The van der Waals surface area contributed by atoms with Crippen molar-refractivity contribution >= 4 is 11.6 Å². The van der Waals surface area contributed by atoms with Gasteiger partial charge in [0.2, 0.25) is 0 Å². The summed E-state index contributed by atoms with van der Waals surface area (Å²) in [5.74, 6) is 0.439. The molecule has 0 unspecified atom stereocenters. The molecule has 2 aromatic heterocycles. The number of rotatable bonds is 6. The predicted octanol–water partition coefficient (Wildman–Crippen LogP) is 3.02. The second-order valence-corrected chi connectivity index (χ2v) is 5.50. The number of aromatic nitrogens is 3. The second-order valence-electron chi connectivity index (χ2n) is 5.50. The number of pyridine rings is 1. The van der Waals surface area contributed by atoms with E-state index in [9.17, 15) is 4.79 Å². The largest absolute Gasteiger partial charge is 0.494 e. The number of benzene rings is 1. The van der Waals surface area contributed by atoms with E-state index in [1.165, 1.54) is 0 Å². The van der Waals surface area contributed by atoms with Crippen LogP contribution in [0.4, 0.5) is 0 Å². The highest BCUT2D eigenvalue weighted by Crippen LogP contribution is 2.21. The monoisotopic (exact) mass is 349 g/mol. The molecule has 2 N–H and O–H groups in total. The maximum Gasteiger partial charge on any atom is 0.289 e. The summed E-state index contributed by atoms with van der Waals surface area (Å²) in [5.41, 5.74) is 6.00. The van der Waals surface area contributed by atoms with E-state index >= 15 is 0 Å². The van der Waals surface area contributed by atoms with Crippen LogP contribution in [-0.4, -0.2) is 33.4 Å². The lowest BCUT2D eigenvalue weighted by molar-refractivity contribution is 0.0950. The lowest BCUT2D eigenvalue weighted by Crippen LogP contribution is -2.19. The third-order valence-electron chi connectivity index (χ3n) is 3.71. The van der Waals surface area contributed by atoms with Gasteiger partial charge in [0.1, 0.15) is 11.4 Å². The lowest BCUT2D eigenvalue weighted by Gasteiger charge is -2.02. The smallest absolute Gasteiger partial charge is 0.289 e. The Hall–Kier alpha value is -3.48. The first-order chi connectivity index (χ1) is 12.7. The van der Waals surface area contributed by atoms with Crippen LogP contribution in [0.2, 0.25) is 0 Å². The number of carbonyl (C=O) groups is 1. The molecule has 0 aliphatic heterocycles. The molecule has 0 spiro atoms. The van der Waals surface area contributed by atoms with Crippen LogP contribution >= 0.6 is 0 Å². The van der Waals surface area contributed by atoms with Crippen LogP contribution in [0.25, 0.3) is 11.3 Å². The standard InChI is InChI=1S/C19H19N5O2/c1-3-26-16-6-4-15(5-7-16)17-12-18(23-22-17)19(25)24-21-13(2)14-8-10-20-11-9-14/h4-12H,3H2,1-2H3,(H,22,23)(H,24,25)/b21-13+. The SMILES string of the molecule is CCOc1ccc(-c2cc(C(=O)N/N=C(\C)c3ccncc3)[nH]n2)cc1. The van der Waals surface area contributed by atoms with Gasteiger partial charge in [0, 0.05) is 23.5 Å². The third kappa shape index (κ3) is 4.13.